The third kappa shape index (κ3) is 4.69. The van der Waals surface area contributed by atoms with Gasteiger partial charge in [0.2, 0.25) is 5.88 Å². The Balaban J connectivity index is 1.60. The Hall–Kier alpha value is -3.23. The van der Waals surface area contributed by atoms with Crippen molar-refractivity contribution in [3.05, 3.63) is 59.1 Å². The van der Waals surface area contributed by atoms with E-state index in [1.807, 2.05) is 35.8 Å². The maximum absolute atomic E-state index is 6.71. The third-order valence-corrected chi connectivity index (χ3v) is 6.14. The molecule has 0 unspecified atom stereocenters. The molecule has 0 atom stereocenters. The van der Waals surface area contributed by atoms with Gasteiger partial charge in [-0.15, -0.1) is 0 Å². The van der Waals surface area contributed by atoms with Crippen LogP contribution in [0.3, 0.4) is 0 Å². The lowest BCUT2D eigenvalue weighted by Gasteiger charge is -2.12. The molecule has 3 heterocycles. The molecule has 1 aromatic carbocycles. The van der Waals surface area contributed by atoms with Crippen molar-refractivity contribution in [3.63, 3.8) is 0 Å². The lowest BCUT2D eigenvalue weighted by molar-refractivity contribution is 0.146. The van der Waals surface area contributed by atoms with Gasteiger partial charge in [-0.2, -0.15) is 4.98 Å². The van der Waals surface area contributed by atoms with E-state index in [9.17, 15) is 0 Å². The minimum Gasteiger partial charge on any atom is -0.491 e. The average Bonchev–Trinajstić information content (AvgIpc) is 3.43. The molecule has 176 valence electrons. The van der Waals surface area contributed by atoms with Gasteiger partial charge in [0.15, 0.2) is 11.2 Å². The fourth-order valence-corrected chi connectivity index (χ4v) is 3.97. The van der Waals surface area contributed by atoms with Gasteiger partial charge >= 0.3 is 0 Å². The average molecular weight is 480 g/mol. The van der Waals surface area contributed by atoms with Gasteiger partial charge in [-0.25, -0.2) is 9.97 Å². The minimum absolute atomic E-state index is 0.192. The summed E-state index contributed by atoms with van der Waals surface area (Å²) in [6, 6.07) is 9.59. The summed E-state index contributed by atoms with van der Waals surface area (Å²) in [5.74, 6) is 1.81. The molecule has 0 radical (unpaired) electrons. The van der Waals surface area contributed by atoms with Gasteiger partial charge in [0.25, 0.3) is 0 Å². The number of ether oxygens (including phenoxy) is 3. The fraction of sp³-hybridized carbons (Fsp3) is 0.360. The van der Waals surface area contributed by atoms with E-state index < -0.39 is 0 Å². The summed E-state index contributed by atoms with van der Waals surface area (Å²) in [7, 11) is 1.64. The molecule has 3 aromatic heterocycles. The van der Waals surface area contributed by atoms with Gasteiger partial charge in [0.05, 0.1) is 23.9 Å². The maximum atomic E-state index is 6.71. The summed E-state index contributed by atoms with van der Waals surface area (Å²) in [5, 5.41) is 0.522. The zero-order chi connectivity index (χ0) is 23.7. The van der Waals surface area contributed by atoms with Crippen molar-refractivity contribution in [2.45, 2.75) is 38.8 Å². The van der Waals surface area contributed by atoms with E-state index in [1.54, 1.807) is 19.4 Å². The number of rotatable bonds is 9. The van der Waals surface area contributed by atoms with Gasteiger partial charge in [-0.1, -0.05) is 11.6 Å². The number of pyridine rings is 1. The van der Waals surface area contributed by atoms with Crippen LogP contribution in [-0.2, 0) is 11.3 Å². The standard InChI is InChI=1S/C25H26ClN5O3/c1-16-6-9-27-17(12-16)14-31-22(19-5-4-18(13-20(19)26)33-11-10-32-3)30-21-23(31)28-15-29-24(21)34-25(2)7-8-25/h4-6,9,12-13,15H,7-8,10-11,14H2,1-3H3. The second kappa shape index (κ2) is 9.19. The van der Waals surface area contributed by atoms with Crippen molar-refractivity contribution in [2.24, 2.45) is 0 Å². The highest BCUT2D eigenvalue weighted by Crippen LogP contribution is 2.41. The summed E-state index contributed by atoms with van der Waals surface area (Å²) >= 11 is 6.71. The zero-order valence-corrected chi connectivity index (χ0v) is 20.2. The van der Waals surface area contributed by atoms with Gasteiger partial charge in [-0.3, -0.25) is 4.98 Å². The molecular formula is C25H26ClN5O3. The monoisotopic (exact) mass is 479 g/mol. The highest BCUT2D eigenvalue weighted by molar-refractivity contribution is 6.33. The normalized spacial score (nSPS) is 14.4. The molecule has 0 saturated heterocycles. The van der Waals surface area contributed by atoms with Crippen LogP contribution in [0, 0.1) is 6.92 Å². The van der Waals surface area contributed by atoms with E-state index in [0.29, 0.717) is 53.4 Å². The molecule has 0 bridgehead atoms. The second-order valence-corrected chi connectivity index (χ2v) is 9.14. The first-order valence-corrected chi connectivity index (χ1v) is 11.6. The van der Waals surface area contributed by atoms with Crippen molar-refractivity contribution in [1.29, 1.82) is 0 Å². The number of benzene rings is 1. The number of hydrogen-bond donors (Lipinski definition) is 0. The molecule has 1 aliphatic carbocycles. The fourth-order valence-electron chi connectivity index (χ4n) is 3.71. The second-order valence-electron chi connectivity index (χ2n) is 8.73. The number of methoxy groups -OCH3 is 1. The van der Waals surface area contributed by atoms with Crippen LogP contribution in [0.1, 0.15) is 31.0 Å². The Morgan fingerprint density at radius 1 is 1.09 bits per heavy atom. The predicted octanol–water partition coefficient (Wildman–Crippen LogP) is 4.85. The van der Waals surface area contributed by atoms with Crippen LogP contribution in [0.2, 0.25) is 5.02 Å². The maximum Gasteiger partial charge on any atom is 0.245 e. The summed E-state index contributed by atoms with van der Waals surface area (Å²) in [6.07, 6.45) is 5.31. The van der Waals surface area contributed by atoms with Crippen molar-refractivity contribution in [2.75, 3.05) is 20.3 Å². The molecule has 4 aromatic rings. The van der Waals surface area contributed by atoms with E-state index in [2.05, 4.69) is 21.9 Å². The van der Waals surface area contributed by atoms with Crippen LogP contribution in [0.15, 0.2) is 42.9 Å². The molecule has 5 rings (SSSR count). The number of nitrogens with zero attached hydrogens (tertiary/aromatic N) is 5. The van der Waals surface area contributed by atoms with Crippen LogP contribution in [-0.4, -0.2) is 50.4 Å². The molecule has 9 heteroatoms. The minimum atomic E-state index is -0.192. The van der Waals surface area contributed by atoms with Gasteiger partial charge in [0.1, 0.15) is 30.1 Å². The van der Waals surface area contributed by atoms with Crippen molar-refractivity contribution < 1.29 is 14.2 Å². The van der Waals surface area contributed by atoms with E-state index in [-0.39, 0.29) is 5.60 Å². The molecule has 0 amide bonds. The SMILES string of the molecule is COCCOc1ccc(-c2nc3c(OC4(C)CC4)ncnc3n2Cc2cc(C)ccn2)c(Cl)c1. The molecular weight excluding hydrogens is 454 g/mol. The Morgan fingerprint density at radius 2 is 1.94 bits per heavy atom. The Labute approximate surface area is 202 Å². The van der Waals surface area contributed by atoms with Crippen LogP contribution >= 0.6 is 11.6 Å². The Morgan fingerprint density at radius 3 is 2.68 bits per heavy atom. The van der Waals surface area contributed by atoms with E-state index in [4.69, 9.17) is 30.8 Å². The number of imidazole rings is 1. The molecule has 1 fully saturated rings. The van der Waals surface area contributed by atoms with E-state index in [0.717, 1.165) is 29.7 Å². The molecule has 34 heavy (non-hydrogen) atoms. The number of fused-ring (bicyclic) bond motifs is 1. The number of hydrogen-bond acceptors (Lipinski definition) is 7. The number of aromatic nitrogens is 5. The first kappa shape index (κ1) is 22.6. The molecule has 8 nitrogen and oxygen atoms in total. The quantitative estimate of drug-likeness (QED) is 0.317. The Bertz CT molecular complexity index is 1340. The summed E-state index contributed by atoms with van der Waals surface area (Å²) in [6.45, 7) is 5.54. The van der Waals surface area contributed by atoms with Gasteiger partial charge < -0.3 is 18.8 Å². The van der Waals surface area contributed by atoms with Gasteiger partial charge in [-0.05, 0) is 62.6 Å². The highest BCUT2D eigenvalue weighted by atomic mass is 35.5. The lowest BCUT2D eigenvalue weighted by Crippen LogP contribution is -2.13. The van der Waals surface area contributed by atoms with Crippen LogP contribution in [0.4, 0.5) is 0 Å². The summed E-state index contributed by atoms with van der Waals surface area (Å²) < 4.78 is 19.0. The van der Waals surface area contributed by atoms with Gasteiger partial charge in [0, 0.05) is 18.9 Å². The van der Waals surface area contributed by atoms with Crippen LogP contribution in [0.25, 0.3) is 22.6 Å². The van der Waals surface area contributed by atoms with Crippen molar-refractivity contribution in [3.8, 4) is 23.0 Å². The number of aryl methyl sites for hydroxylation is 1. The first-order valence-electron chi connectivity index (χ1n) is 11.2. The van der Waals surface area contributed by atoms with Crippen LogP contribution in [0.5, 0.6) is 11.6 Å². The molecule has 0 spiro atoms. The molecule has 0 N–H and O–H groups in total. The topological polar surface area (TPSA) is 84.2 Å². The van der Waals surface area contributed by atoms with Crippen LogP contribution < -0.4 is 9.47 Å². The van der Waals surface area contributed by atoms with Crippen molar-refractivity contribution >= 4 is 22.8 Å². The smallest absolute Gasteiger partial charge is 0.245 e. The molecule has 1 saturated carbocycles. The zero-order valence-electron chi connectivity index (χ0n) is 19.4. The molecule has 0 aliphatic heterocycles. The van der Waals surface area contributed by atoms with E-state index >= 15 is 0 Å². The van der Waals surface area contributed by atoms with Crippen molar-refractivity contribution in [1.82, 2.24) is 24.5 Å². The number of halogens is 1. The summed E-state index contributed by atoms with van der Waals surface area (Å²) in [4.78, 5) is 18.4. The Kier molecular flexibility index (Phi) is 6.10. The molecule has 1 aliphatic rings. The largest absolute Gasteiger partial charge is 0.491 e. The van der Waals surface area contributed by atoms with E-state index in [1.165, 1.54) is 6.33 Å². The third-order valence-electron chi connectivity index (χ3n) is 5.83. The highest BCUT2D eigenvalue weighted by Gasteiger charge is 2.41. The summed E-state index contributed by atoms with van der Waals surface area (Å²) in [5.41, 5.74) is 3.87. The first-order chi connectivity index (χ1) is 16.5. The lowest BCUT2D eigenvalue weighted by atomic mass is 10.2. The predicted molar refractivity (Wildman–Crippen MR) is 129 cm³/mol.